The molecule has 0 radical (unpaired) electrons. The van der Waals surface area contributed by atoms with Gasteiger partial charge in [-0.15, -0.1) is 0 Å². The quantitative estimate of drug-likeness (QED) is 0.425. The first-order chi connectivity index (χ1) is 15.2. The Hall–Kier alpha value is -3.14. The van der Waals surface area contributed by atoms with Crippen LogP contribution in [0.2, 0.25) is 0 Å². The van der Waals surface area contributed by atoms with Gasteiger partial charge in [-0.25, -0.2) is 0 Å². The molecule has 0 spiro atoms. The van der Waals surface area contributed by atoms with Crippen molar-refractivity contribution in [3.63, 3.8) is 0 Å². The molecule has 0 fully saturated rings. The first-order valence-corrected chi connectivity index (χ1v) is 11.2. The van der Waals surface area contributed by atoms with Crippen molar-refractivity contribution < 1.29 is 9.59 Å². The van der Waals surface area contributed by atoms with E-state index in [0.29, 0.717) is 19.4 Å². The topological polar surface area (TPSA) is 58.2 Å². The Kier molecular flexibility index (Phi) is 8.65. The Morgan fingerprint density at radius 3 is 2.32 bits per heavy atom. The molecule has 2 amide bonds. The van der Waals surface area contributed by atoms with Gasteiger partial charge >= 0.3 is 0 Å². The molecular weight excluding hydrogens is 384 g/mol. The molecule has 0 saturated carbocycles. The van der Waals surface area contributed by atoms with Crippen LogP contribution in [0.15, 0.2) is 72.8 Å². The zero-order valence-electron chi connectivity index (χ0n) is 18.3. The van der Waals surface area contributed by atoms with Crippen LogP contribution in [0.3, 0.4) is 0 Å². The highest BCUT2D eigenvalue weighted by Crippen LogP contribution is 2.17. The van der Waals surface area contributed by atoms with E-state index < -0.39 is 6.04 Å². The summed E-state index contributed by atoms with van der Waals surface area (Å²) in [5, 5.41) is 8.26. The maximum Gasteiger partial charge on any atom is 0.243 e. The lowest BCUT2D eigenvalue weighted by molar-refractivity contribution is -0.129. The summed E-state index contributed by atoms with van der Waals surface area (Å²) in [5.74, 6) is -0.212. The van der Waals surface area contributed by atoms with Gasteiger partial charge in [0.15, 0.2) is 0 Å². The van der Waals surface area contributed by atoms with Gasteiger partial charge in [-0.05, 0) is 28.3 Å². The Balaban J connectivity index is 1.67. The molecule has 4 nitrogen and oxygen atoms in total. The van der Waals surface area contributed by atoms with Crippen molar-refractivity contribution in [3.8, 4) is 0 Å². The van der Waals surface area contributed by atoms with Gasteiger partial charge < -0.3 is 10.6 Å². The molecule has 31 heavy (non-hydrogen) atoms. The second-order valence-corrected chi connectivity index (χ2v) is 8.02. The Bertz CT molecular complexity index is 985. The molecule has 0 aromatic heterocycles. The van der Waals surface area contributed by atoms with Crippen LogP contribution in [0, 0.1) is 0 Å². The number of unbranched alkanes of at least 4 members (excludes halogenated alkanes) is 3. The number of amides is 2. The number of rotatable bonds is 11. The molecule has 0 aliphatic heterocycles. The van der Waals surface area contributed by atoms with E-state index in [9.17, 15) is 9.59 Å². The fraction of sp³-hybridized carbons (Fsp3) is 0.333. The summed E-state index contributed by atoms with van der Waals surface area (Å²) in [6, 6.07) is 23.6. The lowest BCUT2D eigenvalue weighted by Crippen LogP contribution is -2.47. The second kappa shape index (κ2) is 11.9. The van der Waals surface area contributed by atoms with E-state index in [1.165, 1.54) is 0 Å². The van der Waals surface area contributed by atoms with Crippen LogP contribution in [0.25, 0.3) is 10.8 Å². The van der Waals surface area contributed by atoms with Crippen molar-refractivity contribution in [3.05, 3.63) is 83.9 Å². The number of fused-ring (bicyclic) bond motifs is 1. The number of hydrogen-bond acceptors (Lipinski definition) is 2. The number of hydrogen-bond donors (Lipinski definition) is 2. The smallest absolute Gasteiger partial charge is 0.243 e. The van der Waals surface area contributed by atoms with Crippen LogP contribution in [0.5, 0.6) is 0 Å². The summed E-state index contributed by atoms with van der Waals surface area (Å²) in [6.45, 7) is 2.59. The minimum Gasteiger partial charge on any atom is -0.350 e. The lowest BCUT2D eigenvalue weighted by atomic mass is 10.0. The van der Waals surface area contributed by atoms with Crippen LogP contribution in [-0.4, -0.2) is 17.9 Å². The minimum atomic E-state index is -0.594. The highest BCUT2D eigenvalue weighted by atomic mass is 16.2. The van der Waals surface area contributed by atoms with E-state index in [-0.39, 0.29) is 11.8 Å². The van der Waals surface area contributed by atoms with Gasteiger partial charge in [0.05, 0.1) is 0 Å². The summed E-state index contributed by atoms with van der Waals surface area (Å²) in [6.07, 6.45) is 5.08. The average molecular weight is 417 g/mol. The maximum absolute atomic E-state index is 13.0. The van der Waals surface area contributed by atoms with E-state index >= 15 is 0 Å². The van der Waals surface area contributed by atoms with E-state index in [1.54, 1.807) is 0 Å². The summed E-state index contributed by atoms with van der Waals surface area (Å²) < 4.78 is 0. The molecule has 2 N–H and O–H groups in total. The largest absolute Gasteiger partial charge is 0.350 e. The van der Waals surface area contributed by atoms with Crippen LogP contribution in [0.1, 0.15) is 50.2 Å². The lowest BCUT2D eigenvalue weighted by Gasteiger charge is -2.19. The van der Waals surface area contributed by atoms with Crippen LogP contribution in [0.4, 0.5) is 0 Å². The molecule has 3 aromatic carbocycles. The highest BCUT2D eigenvalue weighted by molar-refractivity contribution is 5.88. The van der Waals surface area contributed by atoms with Crippen LogP contribution >= 0.6 is 0 Å². The zero-order valence-corrected chi connectivity index (χ0v) is 18.3. The first-order valence-electron chi connectivity index (χ1n) is 11.2. The van der Waals surface area contributed by atoms with Crippen LogP contribution in [-0.2, 0) is 22.6 Å². The van der Waals surface area contributed by atoms with E-state index in [4.69, 9.17) is 0 Å². The van der Waals surface area contributed by atoms with Gasteiger partial charge in [-0.1, -0.05) is 99.0 Å². The fourth-order valence-corrected chi connectivity index (χ4v) is 3.70. The molecule has 0 saturated heterocycles. The average Bonchev–Trinajstić information content (AvgIpc) is 2.80. The number of carbonyl (C=O) groups is 2. The summed E-state index contributed by atoms with van der Waals surface area (Å²) in [4.78, 5) is 25.5. The predicted molar refractivity (Wildman–Crippen MR) is 127 cm³/mol. The van der Waals surface area contributed by atoms with Crippen molar-refractivity contribution in [1.82, 2.24) is 10.6 Å². The van der Waals surface area contributed by atoms with Crippen molar-refractivity contribution in [1.29, 1.82) is 0 Å². The van der Waals surface area contributed by atoms with E-state index in [2.05, 4.69) is 41.8 Å². The molecule has 162 valence electrons. The predicted octanol–water partition coefficient (Wildman–Crippen LogP) is 5.15. The standard InChI is InChI=1S/C27H32N2O2/c1-2-3-4-8-15-26(30)29-25(27(31)28-20-21-11-6-5-7-12-21)19-22-16-17-23-13-9-10-14-24(23)18-22/h5-7,9-14,16-18,25H,2-4,8,15,19-20H2,1H3,(H,28,31)(H,29,30)/t25-/m0/s1. The summed E-state index contributed by atoms with van der Waals surface area (Å²) >= 11 is 0. The number of nitrogens with one attached hydrogen (secondary N) is 2. The molecule has 0 heterocycles. The maximum atomic E-state index is 13.0. The minimum absolute atomic E-state index is 0.0586. The molecular formula is C27H32N2O2. The monoisotopic (exact) mass is 416 g/mol. The first kappa shape index (κ1) is 22.5. The van der Waals surface area contributed by atoms with Crippen molar-refractivity contribution in [2.75, 3.05) is 0 Å². The van der Waals surface area contributed by atoms with Crippen molar-refractivity contribution in [2.45, 2.75) is 58.0 Å². The van der Waals surface area contributed by atoms with Crippen molar-refractivity contribution in [2.24, 2.45) is 0 Å². The van der Waals surface area contributed by atoms with Gasteiger partial charge in [-0.3, -0.25) is 9.59 Å². The zero-order chi connectivity index (χ0) is 21.9. The fourth-order valence-electron chi connectivity index (χ4n) is 3.70. The van der Waals surface area contributed by atoms with Gasteiger partial charge in [0.25, 0.3) is 0 Å². The molecule has 3 rings (SSSR count). The van der Waals surface area contributed by atoms with E-state index in [1.807, 2.05) is 48.5 Å². The molecule has 0 aliphatic carbocycles. The van der Waals surface area contributed by atoms with Gasteiger partial charge in [-0.2, -0.15) is 0 Å². The normalized spacial score (nSPS) is 11.8. The molecule has 0 unspecified atom stereocenters. The Labute approximate surface area is 185 Å². The Morgan fingerprint density at radius 2 is 1.55 bits per heavy atom. The van der Waals surface area contributed by atoms with Gasteiger partial charge in [0.2, 0.25) is 11.8 Å². The van der Waals surface area contributed by atoms with Gasteiger partial charge in [0, 0.05) is 19.4 Å². The van der Waals surface area contributed by atoms with E-state index in [0.717, 1.165) is 47.6 Å². The molecule has 1 atom stereocenters. The third kappa shape index (κ3) is 7.25. The number of carbonyl (C=O) groups excluding carboxylic acids is 2. The summed E-state index contributed by atoms with van der Waals surface area (Å²) in [7, 11) is 0. The summed E-state index contributed by atoms with van der Waals surface area (Å²) in [5.41, 5.74) is 2.07. The third-order valence-electron chi connectivity index (χ3n) is 5.47. The third-order valence-corrected chi connectivity index (χ3v) is 5.47. The molecule has 3 aromatic rings. The second-order valence-electron chi connectivity index (χ2n) is 8.02. The SMILES string of the molecule is CCCCCCC(=O)N[C@@H](Cc1ccc2ccccc2c1)C(=O)NCc1ccccc1. The molecule has 0 aliphatic rings. The number of benzene rings is 3. The van der Waals surface area contributed by atoms with Crippen molar-refractivity contribution >= 4 is 22.6 Å². The Morgan fingerprint density at radius 1 is 0.806 bits per heavy atom. The highest BCUT2D eigenvalue weighted by Gasteiger charge is 2.21. The molecule has 4 heteroatoms. The van der Waals surface area contributed by atoms with Gasteiger partial charge in [0.1, 0.15) is 6.04 Å². The molecule has 0 bridgehead atoms. The van der Waals surface area contributed by atoms with Crippen LogP contribution < -0.4 is 10.6 Å².